The number of hydrogen-bond acceptors (Lipinski definition) is 5. The van der Waals surface area contributed by atoms with Crippen molar-refractivity contribution in [3.63, 3.8) is 0 Å². The number of aromatic nitrogens is 2. The average molecular weight is 220 g/mol. The van der Waals surface area contributed by atoms with Crippen LogP contribution in [-0.4, -0.2) is 29.7 Å². The molecule has 0 fully saturated rings. The standard InChI is InChI=1S/C11H16N4O/c1-2-3-7-16-8-6-14-11-13-5-4-10(9-12)15-11/h4-5H,2-3,6-8H2,1H3,(H,13,14,15). The van der Waals surface area contributed by atoms with Gasteiger partial charge in [0.15, 0.2) is 0 Å². The number of rotatable bonds is 7. The third-order valence-electron chi connectivity index (χ3n) is 1.94. The zero-order valence-corrected chi connectivity index (χ0v) is 9.44. The molecule has 1 aromatic rings. The lowest BCUT2D eigenvalue weighted by molar-refractivity contribution is 0.141. The van der Waals surface area contributed by atoms with Gasteiger partial charge in [0.05, 0.1) is 6.61 Å². The van der Waals surface area contributed by atoms with Crippen molar-refractivity contribution in [2.24, 2.45) is 0 Å². The molecule has 5 nitrogen and oxygen atoms in total. The highest BCUT2D eigenvalue weighted by Crippen LogP contribution is 1.98. The summed E-state index contributed by atoms with van der Waals surface area (Å²) in [5.41, 5.74) is 0.365. The minimum atomic E-state index is 0.365. The van der Waals surface area contributed by atoms with E-state index in [0.717, 1.165) is 19.4 Å². The smallest absolute Gasteiger partial charge is 0.223 e. The number of unbranched alkanes of at least 4 members (excludes halogenated alkanes) is 1. The van der Waals surface area contributed by atoms with Crippen LogP contribution in [0.15, 0.2) is 12.3 Å². The molecule has 0 bridgehead atoms. The van der Waals surface area contributed by atoms with Crippen molar-refractivity contribution in [2.75, 3.05) is 25.1 Å². The van der Waals surface area contributed by atoms with Gasteiger partial charge in [0.2, 0.25) is 5.95 Å². The molecule has 0 aliphatic carbocycles. The number of ether oxygens (including phenoxy) is 1. The van der Waals surface area contributed by atoms with E-state index in [-0.39, 0.29) is 0 Å². The van der Waals surface area contributed by atoms with Gasteiger partial charge >= 0.3 is 0 Å². The van der Waals surface area contributed by atoms with E-state index in [1.165, 1.54) is 0 Å². The maximum absolute atomic E-state index is 8.64. The summed E-state index contributed by atoms with van der Waals surface area (Å²) in [6.45, 7) is 4.19. The van der Waals surface area contributed by atoms with E-state index in [0.29, 0.717) is 24.8 Å². The summed E-state index contributed by atoms with van der Waals surface area (Å²) in [5.74, 6) is 0.471. The Kier molecular flexibility index (Phi) is 5.89. The van der Waals surface area contributed by atoms with Gasteiger partial charge in [0, 0.05) is 19.3 Å². The van der Waals surface area contributed by atoms with Crippen molar-refractivity contribution in [3.8, 4) is 6.07 Å². The molecule has 1 aromatic heterocycles. The topological polar surface area (TPSA) is 70.8 Å². The van der Waals surface area contributed by atoms with Crippen LogP contribution < -0.4 is 5.32 Å². The highest BCUT2D eigenvalue weighted by atomic mass is 16.5. The summed E-state index contributed by atoms with van der Waals surface area (Å²) in [7, 11) is 0. The Bertz CT molecular complexity index is 348. The molecule has 0 saturated carbocycles. The molecule has 0 radical (unpaired) electrons. The lowest BCUT2D eigenvalue weighted by Gasteiger charge is -2.05. The summed E-state index contributed by atoms with van der Waals surface area (Å²) in [6.07, 6.45) is 3.78. The monoisotopic (exact) mass is 220 g/mol. The van der Waals surface area contributed by atoms with Gasteiger partial charge in [-0.25, -0.2) is 9.97 Å². The third-order valence-corrected chi connectivity index (χ3v) is 1.94. The first-order valence-electron chi connectivity index (χ1n) is 5.41. The summed E-state index contributed by atoms with van der Waals surface area (Å²) in [6, 6.07) is 3.54. The largest absolute Gasteiger partial charge is 0.380 e. The second-order valence-corrected chi connectivity index (χ2v) is 3.27. The molecule has 1 N–H and O–H groups in total. The molecule has 16 heavy (non-hydrogen) atoms. The summed E-state index contributed by atoms with van der Waals surface area (Å²) in [4.78, 5) is 7.98. The molecule has 0 saturated heterocycles. The second-order valence-electron chi connectivity index (χ2n) is 3.27. The van der Waals surface area contributed by atoms with Gasteiger partial charge in [-0.15, -0.1) is 0 Å². The maximum atomic E-state index is 8.64. The van der Waals surface area contributed by atoms with E-state index in [2.05, 4.69) is 22.2 Å². The van der Waals surface area contributed by atoms with Crippen molar-refractivity contribution in [2.45, 2.75) is 19.8 Å². The molecule has 5 heteroatoms. The van der Waals surface area contributed by atoms with E-state index in [1.54, 1.807) is 12.3 Å². The molecular weight excluding hydrogens is 204 g/mol. The fourth-order valence-electron chi connectivity index (χ4n) is 1.09. The second kappa shape index (κ2) is 7.60. The molecule has 1 rings (SSSR count). The summed E-state index contributed by atoms with van der Waals surface area (Å²) >= 11 is 0. The Hall–Kier alpha value is -1.67. The number of nitrogens with one attached hydrogen (secondary N) is 1. The van der Waals surface area contributed by atoms with E-state index in [4.69, 9.17) is 10.00 Å². The Morgan fingerprint density at radius 1 is 1.50 bits per heavy atom. The number of anilines is 1. The van der Waals surface area contributed by atoms with Crippen LogP contribution >= 0.6 is 0 Å². The Morgan fingerprint density at radius 3 is 3.12 bits per heavy atom. The zero-order chi connectivity index (χ0) is 11.6. The van der Waals surface area contributed by atoms with E-state index >= 15 is 0 Å². The van der Waals surface area contributed by atoms with Gasteiger partial charge in [-0.1, -0.05) is 13.3 Å². The van der Waals surface area contributed by atoms with Crippen molar-refractivity contribution >= 4 is 5.95 Å². The van der Waals surface area contributed by atoms with Crippen molar-refractivity contribution in [1.82, 2.24) is 9.97 Å². The molecule has 0 atom stereocenters. The van der Waals surface area contributed by atoms with Gasteiger partial charge in [-0.3, -0.25) is 0 Å². The lowest BCUT2D eigenvalue weighted by Crippen LogP contribution is -2.12. The first kappa shape index (κ1) is 12.4. The normalized spacial score (nSPS) is 9.75. The van der Waals surface area contributed by atoms with Crippen LogP contribution in [0, 0.1) is 11.3 Å². The van der Waals surface area contributed by atoms with Crippen LogP contribution in [0.5, 0.6) is 0 Å². The number of nitrogens with zero attached hydrogens (tertiary/aromatic N) is 3. The van der Waals surface area contributed by atoms with Crippen molar-refractivity contribution in [3.05, 3.63) is 18.0 Å². The first-order chi connectivity index (χ1) is 7.86. The molecule has 0 unspecified atom stereocenters. The molecule has 0 amide bonds. The fourth-order valence-corrected chi connectivity index (χ4v) is 1.09. The predicted molar refractivity (Wildman–Crippen MR) is 61.0 cm³/mol. The van der Waals surface area contributed by atoms with Crippen LogP contribution in [0.4, 0.5) is 5.95 Å². The zero-order valence-electron chi connectivity index (χ0n) is 9.44. The van der Waals surface area contributed by atoms with E-state index in [1.807, 2.05) is 6.07 Å². The molecule has 0 aliphatic rings. The van der Waals surface area contributed by atoms with Crippen LogP contribution in [0.1, 0.15) is 25.5 Å². The molecule has 1 heterocycles. The van der Waals surface area contributed by atoms with Gasteiger partial charge in [0.1, 0.15) is 11.8 Å². The third kappa shape index (κ3) is 4.71. The van der Waals surface area contributed by atoms with Crippen molar-refractivity contribution in [1.29, 1.82) is 5.26 Å². The SMILES string of the molecule is CCCCOCCNc1nccc(C#N)n1. The van der Waals surface area contributed by atoms with E-state index < -0.39 is 0 Å². The molecule has 0 aliphatic heterocycles. The highest BCUT2D eigenvalue weighted by molar-refractivity contribution is 5.29. The Labute approximate surface area is 95.5 Å². The van der Waals surface area contributed by atoms with Crippen LogP contribution in [0.3, 0.4) is 0 Å². The van der Waals surface area contributed by atoms with Crippen LogP contribution in [0.25, 0.3) is 0 Å². The van der Waals surface area contributed by atoms with Crippen molar-refractivity contribution < 1.29 is 4.74 Å². The summed E-state index contributed by atoms with van der Waals surface area (Å²) < 4.78 is 5.37. The Balaban J connectivity index is 2.19. The lowest BCUT2D eigenvalue weighted by atomic mass is 10.4. The number of nitriles is 1. The highest BCUT2D eigenvalue weighted by Gasteiger charge is 1.96. The predicted octanol–water partition coefficient (Wildman–Crippen LogP) is 1.58. The molecule has 86 valence electrons. The average Bonchev–Trinajstić information content (AvgIpc) is 2.34. The van der Waals surface area contributed by atoms with Gasteiger partial charge in [-0.2, -0.15) is 5.26 Å². The molecule has 0 aromatic carbocycles. The fraction of sp³-hybridized carbons (Fsp3) is 0.545. The van der Waals surface area contributed by atoms with Crippen LogP contribution in [0.2, 0.25) is 0 Å². The summed E-state index contributed by atoms with van der Waals surface area (Å²) in [5, 5.41) is 11.6. The van der Waals surface area contributed by atoms with Gasteiger partial charge in [0.25, 0.3) is 0 Å². The maximum Gasteiger partial charge on any atom is 0.223 e. The minimum absolute atomic E-state index is 0.365. The molecule has 0 spiro atoms. The number of hydrogen-bond donors (Lipinski definition) is 1. The van der Waals surface area contributed by atoms with Crippen LogP contribution in [-0.2, 0) is 4.74 Å². The Morgan fingerprint density at radius 2 is 2.38 bits per heavy atom. The minimum Gasteiger partial charge on any atom is -0.380 e. The van der Waals surface area contributed by atoms with E-state index in [9.17, 15) is 0 Å². The van der Waals surface area contributed by atoms with Gasteiger partial charge < -0.3 is 10.1 Å². The first-order valence-corrected chi connectivity index (χ1v) is 5.41. The quantitative estimate of drug-likeness (QED) is 0.706. The molecular formula is C11H16N4O. The van der Waals surface area contributed by atoms with Gasteiger partial charge in [-0.05, 0) is 12.5 Å².